The van der Waals surface area contributed by atoms with Crippen LogP contribution in [0.1, 0.15) is 5.56 Å². The van der Waals surface area contributed by atoms with Gasteiger partial charge in [0.05, 0.1) is 6.54 Å². The van der Waals surface area contributed by atoms with Gasteiger partial charge in [-0.15, -0.1) is 0 Å². The maximum absolute atomic E-state index is 5.76. The summed E-state index contributed by atoms with van der Waals surface area (Å²) in [4.78, 5) is 0. The number of rotatable bonds is 2. The zero-order valence-electron chi connectivity index (χ0n) is 6.94. The van der Waals surface area contributed by atoms with Gasteiger partial charge in [-0.2, -0.15) is 5.10 Å². The quantitative estimate of drug-likeness (QED) is 0.713. The molecule has 1 aromatic heterocycles. The highest BCUT2D eigenvalue weighted by atomic mass is 35.5. The Balaban J connectivity index is 2.15. The summed E-state index contributed by atoms with van der Waals surface area (Å²) in [5.74, 6) is 0. The van der Waals surface area contributed by atoms with Gasteiger partial charge < -0.3 is 0 Å². The van der Waals surface area contributed by atoms with E-state index in [0.717, 1.165) is 11.6 Å². The molecule has 0 amide bonds. The molecule has 0 N–H and O–H groups in total. The first-order valence-electron chi connectivity index (χ1n) is 3.98. The Morgan fingerprint density at radius 3 is 2.69 bits per heavy atom. The molecule has 0 saturated heterocycles. The van der Waals surface area contributed by atoms with Crippen molar-refractivity contribution in [1.82, 2.24) is 9.78 Å². The molecule has 2 aromatic rings. The van der Waals surface area contributed by atoms with Crippen LogP contribution in [0.5, 0.6) is 0 Å². The van der Waals surface area contributed by atoms with E-state index in [4.69, 9.17) is 11.6 Å². The van der Waals surface area contributed by atoms with Gasteiger partial charge in [-0.05, 0) is 23.8 Å². The van der Waals surface area contributed by atoms with Crippen LogP contribution in [-0.4, -0.2) is 9.78 Å². The van der Waals surface area contributed by atoms with E-state index in [0.29, 0.717) is 0 Å². The number of hydrogen-bond acceptors (Lipinski definition) is 1. The van der Waals surface area contributed by atoms with Gasteiger partial charge in [0, 0.05) is 11.2 Å². The summed E-state index contributed by atoms with van der Waals surface area (Å²) in [6.45, 7) is 0.765. The topological polar surface area (TPSA) is 17.8 Å². The van der Waals surface area contributed by atoms with Crippen LogP contribution < -0.4 is 0 Å². The summed E-state index contributed by atoms with van der Waals surface area (Å²) in [6, 6.07) is 9.53. The predicted octanol–water partition coefficient (Wildman–Crippen LogP) is 2.38. The van der Waals surface area contributed by atoms with Gasteiger partial charge in [-0.1, -0.05) is 23.7 Å². The molecule has 0 aliphatic carbocycles. The van der Waals surface area contributed by atoms with E-state index < -0.39 is 0 Å². The molecule has 1 heterocycles. The Morgan fingerprint density at radius 2 is 2.08 bits per heavy atom. The Labute approximate surface area is 81.8 Å². The van der Waals surface area contributed by atoms with Crippen LogP contribution in [0, 0.1) is 6.20 Å². The lowest BCUT2D eigenvalue weighted by molar-refractivity contribution is 0.685. The van der Waals surface area contributed by atoms with Crippen molar-refractivity contribution < 1.29 is 0 Å². The first-order valence-corrected chi connectivity index (χ1v) is 4.36. The summed E-state index contributed by atoms with van der Waals surface area (Å²) in [5.41, 5.74) is 1.18. The lowest BCUT2D eigenvalue weighted by Crippen LogP contribution is -1.99. The van der Waals surface area contributed by atoms with E-state index in [1.807, 2.05) is 35.1 Å². The third-order valence-electron chi connectivity index (χ3n) is 1.77. The van der Waals surface area contributed by atoms with Gasteiger partial charge in [-0.25, -0.2) is 0 Å². The molecule has 0 aliphatic heterocycles. The maximum Gasteiger partial charge on any atom is 0.113 e. The predicted molar refractivity (Wildman–Crippen MR) is 51.6 cm³/mol. The first kappa shape index (κ1) is 8.32. The van der Waals surface area contributed by atoms with Crippen molar-refractivity contribution in [2.24, 2.45) is 0 Å². The maximum atomic E-state index is 5.76. The number of nitrogens with zero attached hydrogens (tertiary/aromatic N) is 2. The summed E-state index contributed by atoms with van der Waals surface area (Å²) < 4.78 is 1.82. The summed E-state index contributed by atoms with van der Waals surface area (Å²) >= 11 is 5.76. The third-order valence-corrected chi connectivity index (χ3v) is 2.02. The highest BCUT2D eigenvalue weighted by Gasteiger charge is 1.94. The number of benzene rings is 1. The fraction of sp³-hybridized carbons (Fsp3) is 0.100. The van der Waals surface area contributed by atoms with Gasteiger partial charge in [0.25, 0.3) is 0 Å². The minimum atomic E-state index is 0.760. The number of halogens is 1. The van der Waals surface area contributed by atoms with Crippen LogP contribution in [0.4, 0.5) is 0 Å². The molecule has 0 saturated carbocycles. The molecule has 2 rings (SSSR count). The molecule has 0 spiro atoms. The van der Waals surface area contributed by atoms with Gasteiger partial charge in [-0.3, -0.25) is 4.68 Å². The molecular formula is C10H8ClN2. The van der Waals surface area contributed by atoms with Crippen LogP contribution in [-0.2, 0) is 6.54 Å². The molecule has 1 radical (unpaired) electrons. The monoisotopic (exact) mass is 191 g/mol. The van der Waals surface area contributed by atoms with Crippen molar-refractivity contribution in [3.8, 4) is 0 Å². The van der Waals surface area contributed by atoms with Crippen molar-refractivity contribution in [2.75, 3.05) is 0 Å². The average molecular weight is 192 g/mol. The molecular weight excluding hydrogens is 184 g/mol. The Hall–Kier alpha value is -1.28. The fourth-order valence-electron chi connectivity index (χ4n) is 1.13. The zero-order valence-corrected chi connectivity index (χ0v) is 7.70. The van der Waals surface area contributed by atoms with Gasteiger partial charge in [0.2, 0.25) is 0 Å². The molecule has 0 fully saturated rings. The standard InChI is InChI=1S/C10H8ClN2/c11-10-4-2-9(3-5-10)8-13-7-1-6-12-13/h1-5,7H,8H2. The third kappa shape index (κ3) is 2.10. The van der Waals surface area contributed by atoms with Crippen molar-refractivity contribution in [2.45, 2.75) is 6.54 Å². The summed E-state index contributed by atoms with van der Waals surface area (Å²) in [5, 5.41) is 4.75. The van der Waals surface area contributed by atoms with E-state index in [1.54, 1.807) is 6.07 Å². The summed E-state index contributed by atoms with van der Waals surface area (Å²) in [7, 11) is 0. The molecule has 0 bridgehead atoms. The summed E-state index contributed by atoms with van der Waals surface area (Å²) in [6.07, 6.45) is 4.63. The van der Waals surface area contributed by atoms with Crippen LogP contribution in [0.15, 0.2) is 36.5 Å². The lowest BCUT2D eigenvalue weighted by atomic mass is 10.2. The molecule has 0 atom stereocenters. The normalized spacial score (nSPS) is 10.2. The molecule has 2 nitrogen and oxygen atoms in total. The van der Waals surface area contributed by atoms with Crippen LogP contribution in [0.25, 0.3) is 0 Å². The Morgan fingerprint density at radius 1 is 1.31 bits per heavy atom. The van der Waals surface area contributed by atoms with E-state index in [2.05, 4.69) is 11.3 Å². The second kappa shape index (κ2) is 3.62. The van der Waals surface area contributed by atoms with Crippen LogP contribution in [0.3, 0.4) is 0 Å². The molecule has 1 aromatic carbocycles. The Bertz CT molecular complexity index is 364. The minimum Gasteiger partial charge on any atom is -0.268 e. The van der Waals surface area contributed by atoms with Gasteiger partial charge in [0.15, 0.2) is 0 Å². The van der Waals surface area contributed by atoms with E-state index in [-0.39, 0.29) is 0 Å². The highest BCUT2D eigenvalue weighted by molar-refractivity contribution is 6.30. The van der Waals surface area contributed by atoms with Crippen LogP contribution in [0.2, 0.25) is 5.02 Å². The average Bonchev–Trinajstić information content (AvgIpc) is 2.62. The Kier molecular flexibility index (Phi) is 2.32. The molecule has 65 valence electrons. The lowest BCUT2D eigenvalue weighted by Gasteiger charge is -2.00. The molecule has 13 heavy (non-hydrogen) atoms. The largest absolute Gasteiger partial charge is 0.268 e. The van der Waals surface area contributed by atoms with Crippen LogP contribution >= 0.6 is 11.6 Å². The first-order chi connectivity index (χ1) is 6.34. The number of aromatic nitrogens is 2. The smallest absolute Gasteiger partial charge is 0.113 e. The van der Waals surface area contributed by atoms with E-state index in [9.17, 15) is 0 Å². The second-order valence-electron chi connectivity index (χ2n) is 2.77. The minimum absolute atomic E-state index is 0.760. The van der Waals surface area contributed by atoms with Crippen molar-refractivity contribution >= 4 is 11.6 Å². The SMILES string of the molecule is Clc1ccc(Cn2cc[c]n2)cc1. The van der Waals surface area contributed by atoms with Crippen molar-refractivity contribution in [3.05, 3.63) is 53.3 Å². The van der Waals surface area contributed by atoms with E-state index in [1.165, 1.54) is 5.56 Å². The van der Waals surface area contributed by atoms with Crippen molar-refractivity contribution in [1.29, 1.82) is 0 Å². The van der Waals surface area contributed by atoms with Crippen molar-refractivity contribution in [3.63, 3.8) is 0 Å². The zero-order chi connectivity index (χ0) is 9.10. The molecule has 3 heteroatoms. The van der Waals surface area contributed by atoms with Gasteiger partial charge in [0.1, 0.15) is 6.20 Å². The molecule has 0 unspecified atom stereocenters. The molecule has 0 aliphatic rings. The number of hydrogen-bond donors (Lipinski definition) is 0. The fourth-order valence-corrected chi connectivity index (χ4v) is 1.25. The van der Waals surface area contributed by atoms with Gasteiger partial charge >= 0.3 is 0 Å². The highest BCUT2D eigenvalue weighted by Crippen LogP contribution is 2.09. The second-order valence-corrected chi connectivity index (χ2v) is 3.21. The van der Waals surface area contributed by atoms with E-state index >= 15 is 0 Å².